The van der Waals surface area contributed by atoms with Crippen molar-refractivity contribution in [1.82, 2.24) is 4.98 Å². The molecule has 5 nitrogen and oxygen atoms in total. The summed E-state index contributed by atoms with van der Waals surface area (Å²) in [4.78, 5) is 15.3. The zero-order valence-electron chi connectivity index (χ0n) is 17.7. The molecule has 2 aromatic heterocycles. The smallest absolute Gasteiger partial charge is 0.374 e. The van der Waals surface area contributed by atoms with Crippen LogP contribution in [0.25, 0.3) is 11.8 Å². The van der Waals surface area contributed by atoms with E-state index < -0.39 is 5.97 Å². The number of benzene rings is 1. The Bertz CT molecular complexity index is 1270. The summed E-state index contributed by atoms with van der Waals surface area (Å²) in [6.07, 6.45) is 10.7. The minimum atomic E-state index is -0.525. The third-order valence-electron chi connectivity index (χ3n) is 6.01. The number of rotatable bonds is 5. The van der Waals surface area contributed by atoms with Crippen LogP contribution in [0.2, 0.25) is 0 Å². The van der Waals surface area contributed by atoms with Gasteiger partial charge in [0.15, 0.2) is 5.76 Å². The van der Waals surface area contributed by atoms with Crippen LogP contribution in [-0.2, 0) is 17.6 Å². The van der Waals surface area contributed by atoms with E-state index in [0.29, 0.717) is 5.76 Å². The number of ether oxygens (including phenoxy) is 2. The van der Waals surface area contributed by atoms with Gasteiger partial charge in [0.2, 0.25) is 5.76 Å². The number of esters is 1. The predicted molar refractivity (Wildman–Crippen MR) is 118 cm³/mol. The van der Waals surface area contributed by atoms with Crippen LogP contribution in [0.3, 0.4) is 0 Å². The van der Waals surface area contributed by atoms with Crippen molar-refractivity contribution in [1.29, 1.82) is 0 Å². The van der Waals surface area contributed by atoms with E-state index in [1.165, 1.54) is 34.7 Å². The van der Waals surface area contributed by atoms with Gasteiger partial charge in [-0.3, -0.25) is 0 Å². The largest absolute Gasteiger partial charge is 0.463 e. The van der Waals surface area contributed by atoms with E-state index in [-0.39, 0.29) is 17.6 Å². The van der Waals surface area contributed by atoms with Crippen molar-refractivity contribution in [2.75, 3.05) is 7.11 Å². The van der Waals surface area contributed by atoms with Crippen molar-refractivity contribution < 1.29 is 18.7 Å². The fourth-order valence-corrected chi connectivity index (χ4v) is 4.46. The molecule has 0 saturated heterocycles. The SMILES string of the molecule is COC(=O)c1ccc(OC2=c3[nH]c4c(c3C(Cc3ccc(C)cc3)C=C2)CCCC=4)o1. The predicted octanol–water partition coefficient (Wildman–Crippen LogP) is 3.90. The Balaban J connectivity index is 1.54. The Morgan fingerprint density at radius 1 is 1.19 bits per heavy atom. The lowest BCUT2D eigenvalue weighted by Gasteiger charge is -2.20. The van der Waals surface area contributed by atoms with Gasteiger partial charge in [-0.2, -0.15) is 0 Å². The summed E-state index contributed by atoms with van der Waals surface area (Å²) in [7, 11) is 1.32. The molecule has 0 fully saturated rings. The third-order valence-corrected chi connectivity index (χ3v) is 6.01. The second-order valence-electron chi connectivity index (χ2n) is 8.13. The fourth-order valence-electron chi connectivity index (χ4n) is 4.46. The summed E-state index contributed by atoms with van der Waals surface area (Å²) in [6, 6.07) is 11.9. The molecule has 1 aromatic carbocycles. The number of carbonyl (C=O) groups excluding carboxylic acids is 1. The van der Waals surface area contributed by atoms with Gasteiger partial charge in [-0.05, 0) is 61.4 Å². The van der Waals surface area contributed by atoms with Gasteiger partial charge in [-0.25, -0.2) is 4.79 Å². The second kappa shape index (κ2) is 7.99. The monoisotopic (exact) mass is 415 g/mol. The second-order valence-corrected chi connectivity index (χ2v) is 8.13. The standard InChI is InChI=1S/C26H25NO4/c1-16-7-9-17(10-8-16)15-18-11-12-21(30-23-14-13-22(31-23)26(28)29-2)25-24(18)19-5-3-4-6-20(19)27-25/h6-14,18,27H,3-5,15H2,1-2H3. The van der Waals surface area contributed by atoms with Crippen molar-refractivity contribution in [2.45, 2.75) is 38.5 Å². The maximum absolute atomic E-state index is 11.7. The van der Waals surface area contributed by atoms with Crippen LogP contribution in [-0.4, -0.2) is 18.1 Å². The zero-order valence-corrected chi connectivity index (χ0v) is 17.7. The number of nitrogens with one attached hydrogen (secondary N) is 1. The van der Waals surface area contributed by atoms with Crippen LogP contribution in [0.1, 0.15) is 51.6 Å². The van der Waals surface area contributed by atoms with Gasteiger partial charge in [-0.1, -0.05) is 42.0 Å². The molecule has 31 heavy (non-hydrogen) atoms. The molecule has 158 valence electrons. The minimum absolute atomic E-state index is 0.120. The van der Waals surface area contributed by atoms with Crippen LogP contribution in [0.15, 0.2) is 53.0 Å². The molecule has 5 rings (SSSR count). The van der Waals surface area contributed by atoms with Crippen molar-refractivity contribution >= 4 is 17.8 Å². The number of furan rings is 1. The third kappa shape index (κ3) is 3.72. The van der Waals surface area contributed by atoms with Gasteiger partial charge in [0.1, 0.15) is 0 Å². The number of hydrogen-bond donors (Lipinski definition) is 1. The molecule has 0 spiro atoms. The number of H-pyrrole nitrogens is 1. The lowest BCUT2D eigenvalue weighted by Crippen LogP contribution is -2.23. The molecule has 1 N–H and O–H groups in total. The molecule has 0 amide bonds. The lowest BCUT2D eigenvalue weighted by atomic mass is 9.85. The quantitative estimate of drug-likeness (QED) is 0.642. The first-order valence-electron chi connectivity index (χ1n) is 10.7. The number of hydrogen-bond acceptors (Lipinski definition) is 4. The van der Waals surface area contributed by atoms with E-state index in [2.05, 4.69) is 48.3 Å². The van der Waals surface area contributed by atoms with E-state index in [4.69, 9.17) is 13.9 Å². The highest BCUT2D eigenvalue weighted by Crippen LogP contribution is 2.29. The molecule has 0 saturated carbocycles. The highest BCUT2D eigenvalue weighted by Gasteiger charge is 2.25. The molecular formula is C26H25NO4. The van der Waals surface area contributed by atoms with Crippen molar-refractivity contribution in [3.63, 3.8) is 0 Å². The van der Waals surface area contributed by atoms with Crippen LogP contribution in [0, 0.1) is 6.92 Å². The molecular weight excluding hydrogens is 390 g/mol. The van der Waals surface area contributed by atoms with Gasteiger partial charge in [0.05, 0.1) is 12.5 Å². The van der Waals surface area contributed by atoms with E-state index in [0.717, 1.165) is 31.0 Å². The summed E-state index contributed by atoms with van der Waals surface area (Å²) in [5.41, 5.74) is 5.28. The first kappa shape index (κ1) is 19.5. The Morgan fingerprint density at radius 2 is 2.03 bits per heavy atom. The Hall–Kier alpha value is -3.47. The summed E-state index contributed by atoms with van der Waals surface area (Å²) >= 11 is 0. The molecule has 5 heteroatoms. The number of aromatic amines is 1. The maximum atomic E-state index is 11.7. The summed E-state index contributed by atoms with van der Waals surface area (Å²) in [5, 5.41) is 2.20. The van der Waals surface area contributed by atoms with E-state index in [1.54, 1.807) is 12.1 Å². The van der Waals surface area contributed by atoms with Crippen molar-refractivity contribution in [3.8, 4) is 5.95 Å². The van der Waals surface area contributed by atoms with Gasteiger partial charge >= 0.3 is 5.97 Å². The van der Waals surface area contributed by atoms with E-state index in [1.807, 2.05) is 6.08 Å². The molecule has 0 radical (unpaired) electrons. The Kier molecular flexibility index (Phi) is 5.02. The number of carbonyl (C=O) groups is 1. The molecule has 0 aliphatic heterocycles. The van der Waals surface area contributed by atoms with Gasteiger partial charge < -0.3 is 18.9 Å². The van der Waals surface area contributed by atoms with Gasteiger partial charge in [0.25, 0.3) is 5.95 Å². The molecule has 1 unspecified atom stereocenters. The number of aryl methyl sites for hydroxylation is 1. The minimum Gasteiger partial charge on any atom is -0.463 e. The van der Waals surface area contributed by atoms with Crippen LogP contribution >= 0.6 is 0 Å². The first-order valence-corrected chi connectivity index (χ1v) is 10.7. The molecule has 2 aliphatic carbocycles. The molecule has 2 aliphatic rings. The molecule has 2 heterocycles. The van der Waals surface area contributed by atoms with E-state index in [9.17, 15) is 4.79 Å². The Labute approximate surface area is 180 Å². The summed E-state index contributed by atoms with van der Waals surface area (Å²) in [5.74, 6) is 0.833. The first-order chi connectivity index (χ1) is 15.1. The van der Waals surface area contributed by atoms with E-state index >= 15 is 0 Å². The molecule has 1 atom stereocenters. The zero-order chi connectivity index (χ0) is 21.4. The number of methoxy groups -OCH3 is 1. The number of allylic oxidation sites excluding steroid dienone is 1. The average molecular weight is 415 g/mol. The normalized spacial score (nSPS) is 17.0. The molecule has 3 aromatic rings. The highest BCUT2D eigenvalue weighted by molar-refractivity contribution is 5.86. The average Bonchev–Trinajstić information content (AvgIpc) is 3.41. The lowest BCUT2D eigenvalue weighted by molar-refractivity contribution is 0.0560. The number of fused-ring (bicyclic) bond motifs is 3. The fraction of sp³-hybridized carbons (Fsp3) is 0.269. The van der Waals surface area contributed by atoms with Crippen LogP contribution < -0.4 is 15.4 Å². The molecule has 0 bridgehead atoms. The van der Waals surface area contributed by atoms with Crippen LogP contribution in [0.5, 0.6) is 5.95 Å². The Morgan fingerprint density at radius 3 is 2.84 bits per heavy atom. The summed E-state index contributed by atoms with van der Waals surface area (Å²) < 4.78 is 16.3. The van der Waals surface area contributed by atoms with Gasteiger partial charge in [0, 0.05) is 17.3 Å². The summed E-state index contributed by atoms with van der Waals surface area (Å²) in [6.45, 7) is 2.11. The number of aromatic nitrogens is 1. The highest BCUT2D eigenvalue weighted by atomic mass is 16.6. The maximum Gasteiger partial charge on any atom is 0.374 e. The van der Waals surface area contributed by atoms with Crippen molar-refractivity contribution in [3.05, 3.63) is 87.3 Å². The van der Waals surface area contributed by atoms with Crippen molar-refractivity contribution in [2.24, 2.45) is 0 Å². The topological polar surface area (TPSA) is 64.5 Å². The van der Waals surface area contributed by atoms with Gasteiger partial charge in [-0.15, -0.1) is 0 Å². The van der Waals surface area contributed by atoms with Crippen LogP contribution in [0.4, 0.5) is 0 Å².